The van der Waals surface area contributed by atoms with Gasteiger partial charge in [0, 0.05) is 19.3 Å². The highest BCUT2D eigenvalue weighted by Crippen LogP contribution is 2.12. The molecule has 1 aliphatic heterocycles. The molecule has 0 radical (unpaired) electrons. The number of aromatic nitrogens is 1. The molecule has 1 aromatic rings. The van der Waals surface area contributed by atoms with Gasteiger partial charge in [0.25, 0.3) is 0 Å². The first-order chi connectivity index (χ1) is 7.27. The summed E-state index contributed by atoms with van der Waals surface area (Å²) in [6.45, 7) is 3.00. The van der Waals surface area contributed by atoms with E-state index in [4.69, 9.17) is 9.84 Å². The minimum atomic E-state index is -0.948. The second kappa shape index (κ2) is 5.67. The van der Waals surface area contributed by atoms with Crippen molar-refractivity contribution in [1.82, 2.24) is 4.98 Å². The quantitative estimate of drug-likeness (QED) is 0.842. The molecule has 5 nitrogen and oxygen atoms in total. The number of hydrogen-bond acceptors (Lipinski definition) is 4. The highest BCUT2D eigenvalue weighted by molar-refractivity contribution is 5.87. The molecule has 88 valence electrons. The van der Waals surface area contributed by atoms with Crippen LogP contribution in [-0.4, -0.2) is 42.4 Å². The van der Waals surface area contributed by atoms with Gasteiger partial charge in [0.1, 0.15) is 5.82 Å². The van der Waals surface area contributed by atoms with Gasteiger partial charge in [-0.2, -0.15) is 0 Å². The zero-order chi connectivity index (χ0) is 10.7. The van der Waals surface area contributed by atoms with Crippen molar-refractivity contribution in [2.45, 2.75) is 0 Å². The summed E-state index contributed by atoms with van der Waals surface area (Å²) in [5.74, 6) is -0.140. The first-order valence-electron chi connectivity index (χ1n) is 4.79. The van der Waals surface area contributed by atoms with Crippen molar-refractivity contribution < 1.29 is 14.6 Å². The molecule has 1 fully saturated rings. The highest BCUT2D eigenvalue weighted by Gasteiger charge is 2.12. The number of ether oxygens (including phenoxy) is 1. The second-order valence-electron chi connectivity index (χ2n) is 3.31. The third kappa shape index (κ3) is 2.84. The maximum Gasteiger partial charge on any atom is 0.337 e. The van der Waals surface area contributed by atoms with Crippen LogP contribution >= 0.6 is 12.4 Å². The molecule has 1 N–H and O–H groups in total. The van der Waals surface area contributed by atoms with Gasteiger partial charge >= 0.3 is 5.97 Å². The summed E-state index contributed by atoms with van der Waals surface area (Å²) < 4.78 is 5.22. The van der Waals surface area contributed by atoms with Gasteiger partial charge in [-0.1, -0.05) is 0 Å². The summed E-state index contributed by atoms with van der Waals surface area (Å²) in [7, 11) is 0. The summed E-state index contributed by atoms with van der Waals surface area (Å²) in [4.78, 5) is 16.8. The van der Waals surface area contributed by atoms with E-state index in [0.717, 1.165) is 18.9 Å². The molecule has 6 heteroatoms. The fourth-order valence-corrected chi connectivity index (χ4v) is 1.49. The fraction of sp³-hybridized carbons (Fsp3) is 0.400. The first kappa shape index (κ1) is 12.7. The summed E-state index contributed by atoms with van der Waals surface area (Å²) in [5, 5.41) is 8.71. The number of carboxylic acid groups (broad SMARTS) is 1. The molecule has 1 aromatic heterocycles. The Morgan fingerprint density at radius 2 is 2.06 bits per heavy atom. The molecule has 2 rings (SSSR count). The van der Waals surface area contributed by atoms with Crippen LogP contribution in [0.5, 0.6) is 0 Å². The Hall–Kier alpha value is -1.33. The van der Waals surface area contributed by atoms with Gasteiger partial charge < -0.3 is 14.7 Å². The number of nitrogens with zero attached hydrogens (tertiary/aromatic N) is 2. The van der Waals surface area contributed by atoms with E-state index >= 15 is 0 Å². The Bertz CT molecular complexity index is 350. The largest absolute Gasteiger partial charge is 0.478 e. The van der Waals surface area contributed by atoms with E-state index in [1.165, 1.54) is 6.20 Å². The number of hydrogen-bond donors (Lipinski definition) is 1. The van der Waals surface area contributed by atoms with Gasteiger partial charge in [-0.05, 0) is 12.1 Å². The average molecular weight is 245 g/mol. The monoisotopic (exact) mass is 244 g/mol. The molecule has 1 aliphatic rings. The fourth-order valence-electron chi connectivity index (χ4n) is 1.49. The van der Waals surface area contributed by atoms with Crippen LogP contribution in [0.2, 0.25) is 0 Å². The van der Waals surface area contributed by atoms with Crippen molar-refractivity contribution in [2.24, 2.45) is 0 Å². The molecule has 0 saturated carbocycles. The van der Waals surface area contributed by atoms with Gasteiger partial charge in [0.15, 0.2) is 0 Å². The highest BCUT2D eigenvalue weighted by atomic mass is 35.5. The number of aromatic carboxylic acids is 1. The lowest BCUT2D eigenvalue weighted by Gasteiger charge is -2.27. The maximum absolute atomic E-state index is 10.6. The standard InChI is InChI=1S/C10H12N2O3.ClH/c13-10(14)8-1-2-9(11-7-8)12-3-5-15-6-4-12;/h1-2,7H,3-6H2,(H,13,14);1H. The number of halogens is 1. The van der Waals surface area contributed by atoms with Crippen molar-refractivity contribution in [3.8, 4) is 0 Å². The lowest BCUT2D eigenvalue weighted by atomic mass is 10.3. The van der Waals surface area contributed by atoms with Crippen LogP contribution in [-0.2, 0) is 4.74 Å². The maximum atomic E-state index is 10.6. The number of carboxylic acids is 1. The van der Waals surface area contributed by atoms with Crippen molar-refractivity contribution in [1.29, 1.82) is 0 Å². The van der Waals surface area contributed by atoms with Crippen LogP contribution in [0.15, 0.2) is 18.3 Å². The van der Waals surface area contributed by atoms with Crippen LogP contribution in [0.4, 0.5) is 5.82 Å². The molecule has 16 heavy (non-hydrogen) atoms. The van der Waals surface area contributed by atoms with Crippen LogP contribution in [0, 0.1) is 0 Å². The van der Waals surface area contributed by atoms with Gasteiger partial charge in [-0.3, -0.25) is 0 Å². The Morgan fingerprint density at radius 3 is 2.56 bits per heavy atom. The Morgan fingerprint density at radius 1 is 1.38 bits per heavy atom. The van der Waals surface area contributed by atoms with Crippen LogP contribution in [0.25, 0.3) is 0 Å². The Labute approximate surface area is 99.5 Å². The van der Waals surface area contributed by atoms with E-state index in [9.17, 15) is 4.79 Å². The van der Waals surface area contributed by atoms with Crippen LogP contribution in [0.3, 0.4) is 0 Å². The molecular formula is C10H13ClN2O3. The smallest absolute Gasteiger partial charge is 0.337 e. The van der Waals surface area contributed by atoms with Gasteiger partial charge in [0.2, 0.25) is 0 Å². The van der Waals surface area contributed by atoms with Gasteiger partial charge in [-0.15, -0.1) is 12.4 Å². The van der Waals surface area contributed by atoms with E-state index in [1.807, 2.05) is 0 Å². The SMILES string of the molecule is Cl.O=C(O)c1ccc(N2CCOCC2)nc1. The minimum Gasteiger partial charge on any atom is -0.478 e. The third-order valence-corrected chi connectivity index (χ3v) is 2.33. The number of rotatable bonds is 2. The molecule has 0 bridgehead atoms. The lowest BCUT2D eigenvalue weighted by molar-refractivity contribution is 0.0696. The van der Waals surface area contributed by atoms with Gasteiger partial charge in [0.05, 0.1) is 18.8 Å². The number of anilines is 1. The zero-order valence-corrected chi connectivity index (χ0v) is 9.44. The van der Waals surface area contributed by atoms with E-state index < -0.39 is 5.97 Å². The summed E-state index contributed by atoms with van der Waals surface area (Å²) in [5.41, 5.74) is 0.215. The number of morpholine rings is 1. The van der Waals surface area contributed by atoms with Crippen molar-refractivity contribution in [3.63, 3.8) is 0 Å². The van der Waals surface area contributed by atoms with Crippen LogP contribution in [0.1, 0.15) is 10.4 Å². The van der Waals surface area contributed by atoms with Crippen molar-refractivity contribution in [3.05, 3.63) is 23.9 Å². The number of carbonyl (C=O) groups is 1. The Balaban J connectivity index is 0.00000128. The van der Waals surface area contributed by atoms with E-state index in [2.05, 4.69) is 9.88 Å². The molecule has 1 saturated heterocycles. The normalized spacial score (nSPS) is 15.4. The molecule has 0 spiro atoms. The topological polar surface area (TPSA) is 62.7 Å². The molecule has 2 heterocycles. The Kier molecular flexibility index (Phi) is 4.52. The molecule has 0 aromatic carbocycles. The predicted molar refractivity (Wildman–Crippen MR) is 61.5 cm³/mol. The molecule has 0 unspecified atom stereocenters. The van der Waals surface area contributed by atoms with E-state index in [0.29, 0.717) is 13.2 Å². The first-order valence-corrected chi connectivity index (χ1v) is 4.79. The summed E-state index contributed by atoms with van der Waals surface area (Å²) >= 11 is 0. The van der Waals surface area contributed by atoms with Crippen molar-refractivity contribution in [2.75, 3.05) is 31.2 Å². The van der Waals surface area contributed by atoms with Crippen molar-refractivity contribution >= 4 is 24.2 Å². The molecule has 0 amide bonds. The average Bonchev–Trinajstić information content (AvgIpc) is 2.30. The van der Waals surface area contributed by atoms with Crippen LogP contribution < -0.4 is 4.90 Å². The zero-order valence-electron chi connectivity index (χ0n) is 8.63. The van der Waals surface area contributed by atoms with Gasteiger partial charge in [-0.25, -0.2) is 9.78 Å². The molecule has 0 atom stereocenters. The summed E-state index contributed by atoms with van der Waals surface area (Å²) in [6, 6.07) is 3.30. The predicted octanol–water partition coefficient (Wildman–Crippen LogP) is 1.04. The van der Waals surface area contributed by atoms with E-state index in [-0.39, 0.29) is 18.0 Å². The third-order valence-electron chi connectivity index (χ3n) is 2.33. The molecule has 0 aliphatic carbocycles. The summed E-state index contributed by atoms with van der Waals surface area (Å²) in [6.07, 6.45) is 1.38. The lowest BCUT2D eigenvalue weighted by Crippen LogP contribution is -2.36. The minimum absolute atomic E-state index is 0. The van der Waals surface area contributed by atoms with E-state index in [1.54, 1.807) is 12.1 Å². The second-order valence-corrected chi connectivity index (χ2v) is 3.31. The molecular weight excluding hydrogens is 232 g/mol. The number of pyridine rings is 1.